The highest BCUT2D eigenvalue weighted by molar-refractivity contribution is 6.03. The van der Waals surface area contributed by atoms with Gasteiger partial charge in [0.25, 0.3) is 5.92 Å². The van der Waals surface area contributed by atoms with E-state index >= 15 is 0 Å². The number of likely N-dealkylation sites (tertiary alicyclic amines) is 1. The molecule has 28 heavy (non-hydrogen) atoms. The van der Waals surface area contributed by atoms with Gasteiger partial charge in [0.05, 0.1) is 5.57 Å². The van der Waals surface area contributed by atoms with Gasteiger partial charge in [0, 0.05) is 30.3 Å². The number of hydrogen-bond acceptors (Lipinski definition) is 3. The molecule has 0 radical (unpaired) electrons. The summed E-state index contributed by atoms with van der Waals surface area (Å²) >= 11 is 0. The minimum atomic E-state index is -3.06. The molecule has 4 rings (SSSR count). The Bertz CT molecular complexity index is 932. The number of amides is 1. The van der Waals surface area contributed by atoms with Crippen LogP contribution < -0.4 is 0 Å². The Morgan fingerprint density at radius 1 is 1.18 bits per heavy atom. The molecule has 1 amide bonds. The van der Waals surface area contributed by atoms with Crippen molar-refractivity contribution >= 4 is 11.7 Å². The molecule has 1 saturated carbocycles. The Hall–Kier alpha value is -2.55. The van der Waals surface area contributed by atoms with Crippen LogP contribution in [-0.4, -0.2) is 35.6 Å². The Balaban J connectivity index is 1.65. The van der Waals surface area contributed by atoms with Crippen LogP contribution >= 0.6 is 0 Å². The van der Waals surface area contributed by atoms with Crippen molar-refractivity contribution in [3.63, 3.8) is 0 Å². The van der Waals surface area contributed by atoms with Crippen molar-refractivity contribution in [3.05, 3.63) is 47.5 Å². The maximum atomic E-state index is 14.4. The molecule has 2 fully saturated rings. The summed E-state index contributed by atoms with van der Waals surface area (Å²) in [6.45, 7) is 4.21. The van der Waals surface area contributed by atoms with E-state index in [1.165, 1.54) is 4.90 Å². The second-order valence-corrected chi connectivity index (χ2v) is 9.05. The standard InChI is InChI=1S/C22H22F2N2O2/c1-19(2)12-20(10-15(11-25)17(19)27)8-9-26(14-20)18(28)21(13-22(21,23)24)16-6-4-3-5-7-16/h3-7,10H,8-9,12-14H2,1-2H3/t20-,21?/m1/s1. The van der Waals surface area contributed by atoms with Crippen molar-refractivity contribution in [3.8, 4) is 6.07 Å². The fourth-order valence-corrected chi connectivity index (χ4v) is 5.11. The first-order chi connectivity index (χ1) is 13.1. The topological polar surface area (TPSA) is 61.2 Å². The Morgan fingerprint density at radius 2 is 1.82 bits per heavy atom. The van der Waals surface area contributed by atoms with Crippen LogP contribution in [0.2, 0.25) is 0 Å². The predicted octanol–water partition coefficient (Wildman–Crippen LogP) is 3.63. The Kier molecular flexibility index (Phi) is 3.85. The van der Waals surface area contributed by atoms with E-state index in [9.17, 15) is 23.6 Å². The van der Waals surface area contributed by atoms with E-state index in [4.69, 9.17) is 0 Å². The molecule has 1 aliphatic heterocycles. The highest BCUT2D eigenvalue weighted by Gasteiger charge is 2.77. The van der Waals surface area contributed by atoms with E-state index in [1.54, 1.807) is 50.3 Å². The van der Waals surface area contributed by atoms with Crippen molar-refractivity contribution in [2.24, 2.45) is 10.8 Å². The van der Waals surface area contributed by atoms with Gasteiger partial charge in [0.15, 0.2) is 5.78 Å². The fraction of sp³-hybridized carbons (Fsp3) is 0.500. The predicted molar refractivity (Wildman–Crippen MR) is 98.4 cm³/mol. The maximum absolute atomic E-state index is 14.4. The van der Waals surface area contributed by atoms with Crippen molar-refractivity contribution in [2.75, 3.05) is 13.1 Å². The Labute approximate surface area is 162 Å². The largest absolute Gasteiger partial charge is 0.341 e. The zero-order valence-corrected chi connectivity index (χ0v) is 16.0. The third kappa shape index (κ3) is 2.52. The highest BCUT2D eigenvalue weighted by Crippen LogP contribution is 2.63. The van der Waals surface area contributed by atoms with Gasteiger partial charge in [0.2, 0.25) is 5.91 Å². The number of halogens is 2. The molecule has 3 aliphatic rings. The van der Waals surface area contributed by atoms with Crippen LogP contribution in [0.3, 0.4) is 0 Å². The van der Waals surface area contributed by atoms with Gasteiger partial charge in [-0.05, 0) is 18.4 Å². The molecular formula is C22H22F2N2O2. The molecule has 1 aromatic rings. The molecule has 2 atom stereocenters. The van der Waals surface area contributed by atoms with E-state index in [0.29, 0.717) is 24.9 Å². The summed E-state index contributed by atoms with van der Waals surface area (Å²) in [6.07, 6.45) is 2.27. The minimum absolute atomic E-state index is 0.111. The first-order valence-electron chi connectivity index (χ1n) is 9.48. The van der Waals surface area contributed by atoms with E-state index < -0.39 is 34.5 Å². The van der Waals surface area contributed by atoms with Crippen molar-refractivity contribution in [2.45, 2.75) is 44.4 Å². The van der Waals surface area contributed by atoms with Crippen molar-refractivity contribution < 1.29 is 18.4 Å². The average molecular weight is 384 g/mol. The normalized spacial score (nSPS) is 32.8. The molecule has 1 saturated heterocycles. The number of benzene rings is 1. The molecule has 4 nitrogen and oxygen atoms in total. The second-order valence-electron chi connectivity index (χ2n) is 9.05. The quantitative estimate of drug-likeness (QED) is 0.782. The van der Waals surface area contributed by atoms with Gasteiger partial charge in [0.1, 0.15) is 11.5 Å². The third-order valence-electron chi connectivity index (χ3n) is 6.52. The number of alkyl halides is 2. The lowest BCUT2D eigenvalue weighted by molar-refractivity contribution is -0.136. The molecule has 0 N–H and O–H groups in total. The molecule has 1 unspecified atom stereocenters. The highest BCUT2D eigenvalue weighted by atomic mass is 19.3. The van der Waals surface area contributed by atoms with Gasteiger partial charge >= 0.3 is 0 Å². The number of rotatable bonds is 2. The number of carbonyl (C=O) groups excluding carboxylic acids is 2. The van der Waals surface area contributed by atoms with E-state index in [0.717, 1.165) is 0 Å². The smallest absolute Gasteiger partial charge is 0.268 e. The fourth-order valence-electron chi connectivity index (χ4n) is 5.11. The monoisotopic (exact) mass is 384 g/mol. The van der Waals surface area contributed by atoms with Crippen LogP contribution in [0, 0.1) is 22.2 Å². The first kappa shape index (κ1) is 18.8. The summed E-state index contributed by atoms with van der Waals surface area (Å²) in [5, 5.41) is 9.35. The molecule has 146 valence electrons. The summed E-state index contributed by atoms with van der Waals surface area (Å²) in [6, 6.07) is 10.2. The average Bonchev–Trinajstić information content (AvgIpc) is 3.03. The van der Waals surface area contributed by atoms with Crippen molar-refractivity contribution in [1.29, 1.82) is 5.26 Å². The van der Waals surface area contributed by atoms with Gasteiger partial charge in [-0.1, -0.05) is 50.3 Å². The molecule has 1 heterocycles. The van der Waals surface area contributed by atoms with E-state index in [-0.39, 0.29) is 17.9 Å². The zero-order chi connectivity index (χ0) is 20.4. The van der Waals surface area contributed by atoms with Crippen LogP contribution in [0.1, 0.15) is 38.7 Å². The van der Waals surface area contributed by atoms with Gasteiger partial charge in [-0.3, -0.25) is 9.59 Å². The minimum Gasteiger partial charge on any atom is -0.341 e. The summed E-state index contributed by atoms with van der Waals surface area (Å²) in [5.74, 6) is -3.81. The molecule has 2 aliphatic carbocycles. The summed E-state index contributed by atoms with van der Waals surface area (Å²) in [5.41, 5.74) is -2.56. The number of allylic oxidation sites excluding steroid dienone is 1. The number of carbonyl (C=O) groups is 2. The lowest BCUT2D eigenvalue weighted by atomic mass is 9.64. The van der Waals surface area contributed by atoms with E-state index in [1.807, 2.05) is 6.07 Å². The molecule has 6 heteroatoms. The molecule has 0 bridgehead atoms. The number of Topliss-reactive ketones (excluding diaryl/α,β-unsaturated/α-hetero) is 1. The van der Waals surface area contributed by atoms with Gasteiger partial charge in [-0.2, -0.15) is 5.26 Å². The number of nitriles is 1. The lowest BCUT2D eigenvalue weighted by Gasteiger charge is -2.38. The summed E-state index contributed by atoms with van der Waals surface area (Å²) in [4.78, 5) is 27.1. The van der Waals surface area contributed by atoms with Gasteiger partial charge in [-0.25, -0.2) is 8.78 Å². The molecule has 1 spiro atoms. The number of nitrogens with zero attached hydrogens (tertiary/aromatic N) is 2. The van der Waals surface area contributed by atoms with Crippen LogP contribution in [0.5, 0.6) is 0 Å². The number of hydrogen-bond donors (Lipinski definition) is 0. The van der Waals surface area contributed by atoms with E-state index in [2.05, 4.69) is 0 Å². The molecular weight excluding hydrogens is 362 g/mol. The van der Waals surface area contributed by atoms with Crippen molar-refractivity contribution in [1.82, 2.24) is 4.90 Å². The van der Waals surface area contributed by atoms with Crippen LogP contribution in [0.15, 0.2) is 42.0 Å². The van der Waals surface area contributed by atoms with Crippen LogP contribution in [0.4, 0.5) is 8.78 Å². The third-order valence-corrected chi connectivity index (χ3v) is 6.52. The second kappa shape index (κ2) is 5.73. The van der Waals surface area contributed by atoms with Gasteiger partial charge in [-0.15, -0.1) is 0 Å². The summed E-state index contributed by atoms with van der Waals surface area (Å²) < 4.78 is 28.8. The Morgan fingerprint density at radius 3 is 2.39 bits per heavy atom. The summed E-state index contributed by atoms with van der Waals surface area (Å²) in [7, 11) is 0. The molecule has 0 aromatic heterocycles. The zero-order valence-electron chi connectivity index (χ0n) is 16.0. The van der Waals surface area contributed by atoms with Crippen LogP contribution in [-0.2, 0) is 15.0 Å². The maximum Gasteiger partial charge on any atom is 0.268 e. The lowest BCUT2D eigenvalue weighted by Crippen LogP contribution is -2.44. The number of ketones is 1. The van der Waals surface area contributed by atoms with Crippen LogP contribution in [0.25, 0.3) is 0 Å². The first-order valence-corrected chi connectivity index (χ1v) is 9.48. The molecule has 1 aromatic carbocycles. The SMILES string of the molecule is CC1(C)C[C@]2(C=C(C#N)C1=O)CCN(C(=O)C1(c3ccccc3)CC1(F)F)C2. The van der Waals surface area contributed by atoms with Gasteiger partial charge < -0.3 is 4.90 Å².